The topological polar surface area (TPSA) is 25.2 Å². The third kappa shape index (κ3) is 3.08. The molecule has 124 valence electrons. The van der Waals surface area contributed by atoms with Crippen molar-refractivity contribution in [3.8, 4) is 0 Å². The Bertz CT molecular complexity index is 904. The molecule has 3 rings (SSSR count). The summed E-state index contributed by atoms with van der Waals surface area (Å²) in [6, 6.07) is 14.5. The van der Waals surface area contributed by atoms with Crippen LogP contribution >= 0.6 is 15.9 Å². The fourth-order valence-corrected chi connectivity index (χ4v) is 3.26. The lowest BCUT2D eigenvalue weighted by Crippen LogP contribution is -2.32. The number of para-hydroxylation sites is 1. The first-order chi connectivity index (χ1) is 11.5. The molecule has 3 nitrogen and oxygen atoms in total. The summed E-state index contributed by atoms with van der Waals surface area (Å²) < 4.78 is 16.7. The predicted octanol–water partition coefficient (Wildman–Crippen LogP) is 4.74. The van der Waals surface area contributed by atoms with Gasteiger partial charge in [0, 0.05) is 41.1 Å². The van der Waals surface area contributed by atoms with E-state index in [0.29, 0.717) is 17.8 Å². The molecule has 0 saturated carbocycles. The first-order valence-electron chi connectivity index (χ1n) is 7.79. The van der Waals surface area contributed by atoms with E-state index in [1.165, 1.54) is 6.07 Å². The molecule has 2 aromatic carbocycles. The van der Waals surface area contributed by atoms with E-state index in [0.717, 1.165) is 15.4 Å². The van der Waals surface area contributed by atoms with Crippen molar-refractivity contribution in [3.63, 3.8) is 0 Å². The van der Waals surface area contributed by atoms with E-state index in [2.05, 4.69) is 15.9 Å². The number of nitrogens with zero attached hydrogens (tertiary/aromatic N) is 2. The number of aromatic nitrogens is 1. The second-order valence-electron chi connectivity index (χ2n) is 5.70. The highest BCUT2D eigenvalue weighted by atomic mass is 79.9. The highest BCUT2D eigenvalue weighted by molar-refractivity contribution is 9.10. The monoisotopic (exact) mass is 388 g/mol. The quantitative estimate of drug-likeness (QED) is 0.633. The number of carbonyl (C=O) groups excluding carboxylic acids is 1. The number of aryl methyl sites for hydroxylation is 1. The molecule has 0 spiro atoms. The standard InChI is InChI=1S/C19H18BrFN2O/c1-3-23(12-14-10-15(20)8-9-16(14)21)19(24)18-11-13-6-4-5-7-17(13)22(18)2/h4-11H,3,12H2,1-2H3. The molecule has 24 heavy (non-hydrogen) atoms. The minimum absolute atomic E-state index is 0.101. The Hall–Kier alpha value is -2.14. The summed E-state index contributed by atoms with van der Waals surface area (Å²) in [4.78, 5) is 14.6. The number of carbonyl (C=O) groups is 1. The van der Waals surface area contributed by atoms with Crippen LogP contribution in [-0.2, 0) is 13.6 Å². The number of rotatable bonds is 4. The molecule has 0 fully saturated rings. The number of hydrogen-bond donors (Lipinski definition) is 0. The van der Waals surface area contributed by atoms with E-state index in [4.69, 9.17) is 0 Å². The van der Waals surface area contributed by atoms with E-state index < -0.39 is 0 Å². The van der Waals surface area contributed by atoms with Crippen molar-refractivity contribution in [2.24, 2.45) is 7.05 Å². The summed E-state index contributed by atoms with van der Waals surface area (Å²) in [6.45, 7) is 2.64. The molecule has 0 aliphatic heterocycles. The smallest absolute Gasteiger partial charge is 0.270 e. The van der Waals surface area contributed by atoms with Crippen LogP contribution in [0.1, 0.15) is 23.0 Å². The lowest BCUT2D eigenvalue weighted by molar-refractivity contribution is 0.0742. The third-order valence-electron chi connectivity index (χ3n) is 4.21. The average molecular weight is 389 g/mol. The maximum atomic E-state index is 14.0. The minimum atomic E-state index is -0.304. The second kappa shape index (κ2) is 6.77. The molecular weight excluding hydrogens is 371 g/mol. The number of halogens is 2. The zero-order valence-corrected chi connectivity index (χ0v) is 15.2. The normalized spacial score (nSPS) is 11.0. The van der Waals surface area contributed by atoms with Gasteiger partial charge in [0.25, 0.3) is 5.91 Å². The van der Waals surface area contributed by atoms with Gasteiger partial charge in [-0.25, -0.2) is 4.39 Å². The van der Waals surface area contributed by atoms with Crippen molar-refractivity contribution in [1.82, 2.24) is 9.47 Å². The van der Waals surface area contributed by atoms with Gasteiger partial charge in [0.2, 0.25) is 0 Å². The molecule has 0 unspecified atom stereocenters. The Morgan fingerprint density at radius 1 is 1.21 bits per heavy atom. The molecule has 0 atom stereocenters. The average Bonchev–Trinajstić information content (AvgIpc) is 2.92. The summed E-state index contributed by atoms with van der Waals surface area (Å²) >= 11 is 3.35. The molecule has 1 aromatic heterocycles. The summed E-state index contributed by atoms with van der Waals surface area (Å²) in [5.41, 5.74) is 2.11. The van der Waals surface area contributed by atoms with E-state index in [-0.39, 0.29) is 18.3 Å². The first kappa shape index (κ1) is 16.7. The lowest BCUT2D eigenvalue weighted by Gasteiger charge is -2.21. The van der Waals surface area contributed by atoms with Gasteiger partial charge in [0.15, 0.2) is 0 Å². The first-order valence-corrected chi connectivity index (χ1v) is 8.58. The van der Waals surface area contributed by atoms with Crippen LogP contribution in [-0.4, -0.2) is 21.9 Å². The Morgan fingerprint density at radius 3 is 2.67 bits per heavy atom. The zero-order valence-electron chi connectivity index (χ0n) is 13.6. The summed E-state index contributed by atoms with van der Waals surface area (Å²) in [5.74, 6) is -0.405. The van der Waals surface area contributed by atoms with Gasteiger partial charge >= 0.3 is 0 Å². The highest BCUT2D eigenvalue weighted by Gasteiger charge is 2.20. The van der Waals surface area contributed by atoms with Crippen molar-refractivity contribution in [2.45, 2.75) is 13.5 Å². The van der Waals surface area contributed by atoms with Gasteiger partial charge in [-0.3, -0.25) is 4.79 Å². The predicted molar refractivity (Wildman–Crippen MR) is 97.4 cm³/mol. The van der Waals surface area contributed by atoms with Crippen molar-refractivity contribution in [3.05, 3.63) is 70.1 Å². The highest BCUT2D eigenvalue weighted by Crippen LogP contribution is 2.22. The van der Waals surface area contributed by atoms with E-state index in [9.17, 15) is 9.18 Å². The van der Waals surface area contributed by atoms with Crippen LogP contribution in [0.5, 0.6) is 0 Å². The molecule has 0 saturated heterocycles. The van der Waals surface area contributed by atoms with Crippen LogP contribution in [0, 0.1) is 5.82 Å². The summed E-state index contributed by atoms with van der Waals surface area (Å²) in [6.07, 6.45) is 0. The van der Waals surface area contributed by atoms with Crippen molar-refractivity contribution in [2.75, 3.05) is 6.54 Å². The summed E-state index contributed by atoms with van der Waals surface area (Å²) in [5, 5.41) is 1.02. The Balaban J connectivity index is 1.93. The van der Waals surface area contributed by atoms with E-state index in [1.54, 1.807) is 17.0 Å². The number of amides is 1. The van der Waals surface area contributed by atoms with Gasteiger partial charge in [-0.1, -0.05) is 34.1 Å². The second-order valence-corrected chi connectivity index (χ2v) is 6.62. The van der Waals surface area contributed by atoms with Crippen LogP contribution in [0.2, 0.25) is 0 Å². The maximum absolute atomic E-state index is 14.0. The fourth-order valence-electron chi connectivity index (χ4n) is 2.85. The van der Waals surface area contributed by atoms with Gasteiger partial charge in [0.1, 0.15) is 11.5 Å². The van der Waals surface area contributed by atoms with Gasteiger partial charge in [0.05, 0.1) is 0 Å². The van der Waals surface area contributed by atoms with Gasteiger partial charge in [-0.05, 0) is 37.3 Å². The van der Waals surface area contributed by atoms with Crippen LogP contribution in [0.3, 0.4) is 0 Å². The number of fused-ring (bicyclic) bond motifs is 1. The van der Waals surface area contributed by atoms with E-state index >= 15 is 0 Å². The fraction of sp³-hybridized carbons (Fsp3) is 0.211. The molecule has 1 amide bonds. The van der Waals surface area contributed by atoms with E-state index in [1.807, 2.05) is 48.9 Å². The van der Waals surface area contributed by atoms with Crippen LogP contribution in [0.4, 0.5) is 4.39 Å². The lowest BCUT2D eigenvalue weighted by atomic mass is 10.2. The molecule has 0 N–H and O–H groups in total. The largest absolute Gasteiger partial charge is 0.340 e. The molecule has 0 aliphatic carbocycles. The molecule has 5 heteroatoms. The third-order valence-corrected chi connectivity index (χ3v) is 4.70. The maximum Gasteiger partial charge on any atom is 0.270 e. The Labute approximate surface area is 148 Å². The van der Waals surface area contributed by atoms with Crippen LogP contribution in [0.25, 0.3) is 10.9 Å². The van der Waals surface area contributed by atoms with Gasteiger partial charge in [-0.2, -0.15) is 0 Å². The zero-order chi connectivity index (χ0) is 17.3. The molecule has 0 aliphatic rings. The molecular formula is C19H18BrFN2O. The van der Waals surface area contributed by atoms with Crippen molar-refractivity contribution < 1.29 is 9.18 Å². The molecule has 0 radical (unpaired) electrons. The molecule has 0 bridgehead atoms. The van der Waals surface area contributed by atoms with Gasteiger partial charge in [-0.15, -0.1) is 0 Å². The van der Waals surface area contributed by atoms with Gasteiger partial charge < -0.3 is 9.47 Å². The van der Waals surface area contributed by atoms with Crippen molar-refractivity contribution >= 4 is 32.7 Å². The Kier molecular flexibility index (Phi) is 4.71. The van der Waals surface area contributed by atoms with Crippen molar-refractivity contribution in [1.29, 1.82) is 0 Å². The van der Waals surface area contributed by atoms with Crippen LogP contribution in [0.15, 0.2) is 53.0 Å². The Morgan fingerprint density at radius 2 is 1.96 bits per heavy atom. The summed E-state index contributed by atoms with van der Waals surface area (Å²) in [7, 11) is 1.88. The van der Waals surface area contributed by atoms with Crippen LogP contribution < -0.4 is 0 Å². The molecule has 3 aromatic rings. The minimum Gasteiger partial charge on any atom is -0.340 e. The number of benzene rings is 2. The molecule has 1 heterocycles. The number of hydrogen-bond acceptors (Lipinski definition) is 1. The SMILES string of the molecule is CCN(Cc1cc(Br)ccc1F)C(=O)c1cc2ccccc2n1C.